The van der Waals surface area contributed by atoms with E-state index in [4.69, 9.17) is 11.6 Å². The molecule has 1 fully saturated rings. The highest BCUT2D eigenvalue weighted by Gasteiger charge is 2.33. The van der Waals surface area contributed by atoms with Crippen molar-refractivity contribution >= 4 is 17.5 Å². The van der Waals surface area contributed by atoms with E-state index in [0.717, 1.165) is 18.4 Å². The Labute approximate surface area is 145 Å². The van der Waals surface area contributed by atoms with Crippen molar-refractivity contribution in [3.05, 3.63) is 62.0 Å². The number of hydrogen-bond donors (Lipinski definition) is 0. The quantitative estimate of drug-likeness (QED) is 0.840. The Bertz CT molecular complexity index is 860. The van der Waals surface area contributed by atoms with Crippen LogP contribution in [0.1, 0.15) is 46.1 Å². The number of aryl methyl sites for hydroxylation is 2. The molecule has 0 unspecified atom stereocenters. The van der Waals surface area contributed by atoms with Crippen LogP contribution in [0, 0.1) is 13.8 Å². The largest absolute Gasteiger partial charge is 0.331 e. The minimum absolute atomic E-state index is 0.0474. The summed E-state index contributed by atoms with van der Waals surface area (Å²) in [7, 11) is 1.57. The van der Waals surface area contributed by atoms with Crippen molar-refractivity contribution in [2.45, 2.75) is 32.7 Å². The van der Waals surface area contributed by atoms with Gasteiger partial charge in [-0.25, -0.2) is 4.68 Å². The molecule has 6 heteroatoms. The van der Waals surface area contributed by atoms with Gasteiger partial charge < -0.3 is 4.90 Å². The van der Waals surface area contributed by atoms with Crippen LogP contribution in [0.2, 0.25) is 5.02 Å². The monoisotopic (exact) mass is 345 g/mol. The highest BCUT2D eigenvalue weighted by Crippen LogP contribution is 2.34. The van der Waals surface area contributed by atoms with Gasteiger partial charge in [0.05, 0.1) is 11.7 Å². The number of rotatable bonds is 2. The molecule has 1 aromatic carbocycles. The molecule has 5 nitrogen and oxygen atoms in total. The van der Waals surface area contributed by atoms with Crippen LogP contribution in [0.15, 0.2) is 29.1 Å². The maximum absolute atomic E-state index is 13.1. The molecule has 0 spiro atoms. The van der Waals surface area contributed by atoms with E-state index in [2.05, 4.69) is 5.10 Å². The molecule has 1 saturated heterocycles. The molecule has 1 aliphatic rings. The first kappa shape index (κ1) is 16.7. The first-order chi connectivity index (χ1) is 11.4. The topological polar surface area (TPSA) is 55.2 Å². The third-order valence-corrected chi connectivity index (χ3v) is 4.92. The van der Waals surface area contributed by atoms with Gasteiger partial charge in [-0.3, -0.25) is 9.59 Å². The molecule has 2 heterocycles. The highest BCUT2D eigenvalue weighted by atomic mass is 35.5. The molecule has 2 aromatic rings. The summed E-state index contributed by atoms with van der Waals surface area (Å²) in [4.78, 5) is 27.4. The van der Waals surface area contributed by atoms with Crippen LogP contribution in [0.4, 0.5) is 0 Å². The molecule has 24 heavy (non-hydrogen) atoms. The third kappa shape index (κ3) is 2.84. The molecule has 1 aromatic heterocycles. The molecule has 0 saturated carbocycles. The zero-order chi connectivity index (χ0) is 17.4. The summed E-state index contributed by atoms with van der Waals surface area (Å²) in [5, 5.41) is 4.80. The number of likely N-dealkylation sites (tertiary alicyclic amines) is 1. The van der Waals surface area contributed by atoms with E-state index in [0.29, 0.717) is 22.8 Å². The van der Waals surface area contributed by atoms with Gasteiger partial charge in [0.1, 0.15) is 5.56 Å². The average Bonchev–Trinajstić information content (AvgIpc) is 3.03. The molecule has 0 bridgehead atoms. The zero-order valence-corrected chi connectivity index (χ0v) is 14.8. The molecule has 126 valence electrons. The maximum Gasteiger partial charge on any atom is 0.279 e. The number of benzene rings is 1. The minimum Gasteiger partial charge on any atom is -0.331 e. The first-order valence-corrected chi connectivity index (χ1v) is 8.39. The van der Waals surface area contributed by atoms with Gasteiger partial charge in [-0.15, -0.1) is 0 Å². The van der Waals surface area contributed by atoms with Crippen LogP contribution < -0.4 is 5.56 Å². The van der Waals surface area contributed by atoms with E-state index >= 15 is 0 Å². The van der Waals surface area contributed by atoms with Gasteiger partial charge in [-0.1, -0.05) is 23.7 Å². The summed E-state index contributed by atoms with van der Waals surface area (Å²) >= 11 is 6.09. The van der Waals surface area contributed by atoms with Gasteiger partial charge in [0, 0.05) is 18.6 Å². The predicted octanol–water partition coefficient (Wildman–Crippen LogP) is 3.03. The molecule has 3 rings (SSSR count). The summed E-state index contributed by atoms with van der Waals surface area (Å²) < 4.78 is 1.24. The van der Waals surface area contributed by atoms with Crippen molar-refractivity contribution in [1.82, 2.24) is 14.7 Å². The zero-order valence-electron chi connectivity index (χ0n) is 14.0. The van der Waals surface area contributed by atoms with Crippen LogP contribution in [-0.4, -0.2) is 27.1 Å². The number of aromatic nitrogens is 2. The molecule has 0 aliphatic carbocycles. The Hall–Kier alpha value is -2.14. The van der Waals surface area contributed by atoms with E-state index in [1.54, 1.807) is 18.9 Å². The Morgan fingerprint density at radius 2 is 2.08 bits per heavy atom. The summed E-state index contributed by atoms with van der Waals surface area (Å²) in [5.74, 6) is -0.221. The van der Waals surface area contributed by atoms with Gasteiger partial charge in [0.2, 0.25) is 0 Å². The standard InChI is InChI=1S/C18H20ClN3O2/c1-11-12(2)20-21(3)17(23)16(11)18(24)22-9-5-8-15(22)13-6-4-7-14(19)10-13/h4,6-7,10,15H,5,8-9H2,1-3H3/t15-/m1/s1. The number of amides is 1. The number of carbonyl (C=O) groups excluding carboxylic acids is 1. The van der Waals surface area contributed by atoms with Crippen molar-refractivity contribution in [3.8, 4) is 0 Å². The Balaban J connectivity index is 2.03. The fourth-order valence-corrected chi connectivity index (χ4v) is 3.51. The van der Waals surface area contributed by atoms with Crippen LogP contribution >= 0.6 is 11.6 Å². The predicted molar refractivity (Wildman–Crippen MR) is 93.4 cm³/mol. The minimum atomic E-state index is -0.347. The maximum atomic E-state index is 13.1. The lowest BCUT2D eigenvalue weighted by Crippen LogP contribution is -2.38. The van der Waals surface area contributed by atoms with Crippen LogP contribution in [0.3, 0.4) is 0 Å². The molecule has 0 radical (unpaired) electrons. The van der Waals surface area contributed by atoms with Gasteiger partial charge in [-0.2, -0.15) is 5.10 Å². The normalized spacial score (nSPS) is 17.3. The molecule has 0 N–H and O–H groups in total. The summed E-state index contributed by atoms with van der Waals surface area (Å²) in [5.41, 5.74) is 2.23. The van der Waals surface area contributed by atoms with Crippen LogP contribution in [-0.2, 0) is 7.05 Å². The summed E-state index contributed by atoms with van der Waals surface area (Å²) in [6, 6.07) is 7.53. The van der Waals surface area contributed by atoms with Crippen LogP contribution in [0.25, 0.3) is 0 Å². The van der Waals surface area contributed by atoms with E-state index in [-0.39, 0.29) is 23.1 Å². The fraction of sp³-hybridized carbons (Fsp3) is 0.389. The van der Waals surface area contributed by atoms with Gasteiger partial charge >= 0.3 is 0 Å². The first-order valence-electron chi connectivity index (χ1n) is 8.01. The Kier molecular flexibility index (Phi) is 4.45. The highest BCUT2D eigenvalue weighted by molar-refractivity contribution is 6.30. The number of carbonyl (C=O) groups is 1. The average molecular weight is 346 g/mol. The second kappa shape index (κ2) is 6.40. The molecular formula is C18H20ClN3O2. The summed E-state index contributed by atoms with van der Waals surface area (Å²) in [6.07, 6.45) is 1.78. The number of nitrogens with zero attached hydrogens (tertiary/aromatic N) is 3. The third-order valence-electron chi connectivity index (χ3n) is 4.69. The lowest BCUT2D eigenvalue weighted by atomic mass is 10.0. The van der Waals surface area contributed by atoms with Gasteiger partial charge in [0.15, 0.2) is 0 Å². The van der Waals surface area contributed by atoms with Crippen molar-refractivity contribution in [3.63, 3.8) is 0 Å². The van der Waals surface area contributed by atoms with Crippen molar-refractivity contribution in [1.29, 1.82) is 0 Å². The molecule has 1 aliphatic heterocycles. The van der Waals surface area contributed by atoms with E-state index in [1.165, 1.54) is 4.68 Å². The lowest BCUT2D eigenvalue weighted by Gasteiger charge is -2.26. The Morgan fingerprint density at radius 1 is 1.33 bits per heavy atom. The van der Waals surface area contributed by atoms with Gasteiger partial charge in [0.25, 0.3) is 11.5 Å². The second-order valence-corrected chi connectivity index (χ2v) is 6.66. The smallest absolute Gasteiger partial charge is 0.279 e. The Morgan fingerprint density at radius 3 is 2.79 bits per heavy atom. The SMILES string of the molecule is Cc1nn(C)c(=O)c(C(=O)N2CCC[C@@H]2c2cccc(Cl)c2)c1C. The van der Waals surface area contributed by atoms with Crippen molar-refractivity contribution in [2.24, 2.45) is 7.05 Å². The van der Waals surface area contributed by atoms with E-state index in [1.807, 2.05) is 31.2 Å². The second-order valence-electron chi connectivity index (χ2n) is 6.23. The van der Waals surface area contributed by atoms with Crippen molar-refractivity contribution in [2.75, 3.05) is 6.54 Å². The summed E-state index contributed by atoms with van der Waals surface area (Å²) in [6.45, 7) is 4.23. The van der Waals surface area contributed by atoms with E-state index in [9.17, 15) is 9.59 Å². The van der Waals surface area contributed by atoms with Gasteiger partial charge in [-0.05, 0) is 49.9 Å². The van der Waals surface area contributed by atoms with Crippen LogP contribution in [0.5, 0.6) is 0 Å². The number of hydrogen-bond acceptors (Lipinski definition) is 3. The number of halogens is 1. The molecular weight excluding hydrogens is 326 g/mol. The van der Waals surface area contributed by atoms with Crippen molar-refractivity contribution < 1.29 is 4.79 Å². The van der Waals surface area contributed by atoms with E-state index < -0.39 is 0 Å². The molecule has 1 amide bonds. The fourth-order valence-electron chi connectivity index (χ4n) is 3.31. The molecule has 1 atom stereocenters. The lowest BCUT2D eigenvalue weighted by molar-refractivity contribution is 0.0731.